The molecule has 0 fully saturated rings. The number of hydrogen-bond donors (Lipinski definition) is 2. The molecule has 1 heterocycles. The number of carboxylic acid groups (broad SMARTS) is 1. The molecule has 5 heteroatoms. The fourth-order valence-electron chi connectivity index (χ4n) is 1.27. The van der Waals surface area contributed by atoms with Crippen molar-refractivity contribution in [1.29, 1.82) is 0 Å². The molecule has 1 aromatic carbocycles. The lowest BCUT2D eigenvalue weighted by atomic mass is 10.3. The normalized spacial score (nSPS) is 10.1. The monoisotopic (exact) mass is 204 g/mol. The van der Waals surface area contributed by atoms with E-state index in [9.17, 15) is 9.90 Å². The molecule has 2 N–H and O–H groups in total. The zero-order valence-electron chi connectivity index (χ0n) is 7.66. The van der Waals surface area contributed by atoms with Gasteiger partial charge in [-0.15, -0.1) is 0 Å². The van der Waals surface area contributed by atoms with Crippen LogP contribution in [0.1, 0.15) is 10.5 Å². The second-order valence-corrected chi connectivity index (χ2v) is 2.93. The lowest BCUT2D eigenvalue weighted by molar-refractivity contribution is 0.0687. The van der Waals surface area contributed by atoms with Crippen LogP contribution in [0.3, 0.4) is 0 Å². The predicted octanol–water partition coefficient (Wildman–Crippen LogP) is 1.28. The average molecular weight is 204 g/mol. The smallest absolute Gasteiger partial charge is 0.360 e. The highest BCUT2D eigenvalue weighted by Gasteiger charge is 2.16. The Morgan fingerprint density at radius 2 is 1.93 bits per heavy atom. The zero-order chi connectivity index (χ0) is 10.8. The van der Waals surface area contributed by atoms with Crippen LogP contribution in [0.5, 0.6) is 5.88 Å². The van der Waals surface area contributed by atoms with Crippen molar-refractivity contribution in [3.63, 3.8) is 0 Å². The molecule has 0 unspecified atom stereocenters. The molecule has 1 aromatic heterocycles. The largest absolute Gasteiger partial charge is 0.492 e. The number of hydrogen-bond acceptors (Lipinski definition) is 3. The molecule has 76 valence electrons. The van der Waals surface area contributed by atoms with Crippen molar-refractivity contribution in [3.8, 4) is 11.6 Å². The molecular weight excluding hydrogens is 196 g/mol. The number of carbonyl (C=O) groups is 1. The molecule has 0 bridgehead atoms. The minimum atomic E-state index is -1.25. The minimum Gasteiger partial charge on any atom is -0.492 e. The van der Waals surface area contributed by atoms with Crippen molar-refractivity contribution in [2.24, 2.45) is 0 Å². The molecule has 0 saturated heterocycles. The molecule has 15 heavy (non-hydrogen) atoms. The summed E-state index contributed by atoms with van der Waals surface area (Å²) < 4.78 is 1.31. The Balaban J connectivity index is 2.52. The number of benzene rings is 1. The number of aromatic nitrogens is 2. The van der Waals surface area contributed by atoms with E-state index in [1.165, 1.54) is 10.9 Å². The molecule has 0 aliphatic heterocycles. The maximum absolute atomic E-state index is 10.6. The van der Waals surface area contributed by atoms with Gasteiger partial charge in [-0.2, -0.15) is 0 Å². The van der Waals surface area contributed by atoms with Crippen molar-refractivity contribution < 1.29 is 15.0 Å². The first-order valence-corrected chi connectivity index (χ1v) is 4.25. The molecule has 2 aromatic rings. The SMILES string of the molecule is O=C(O)c1ncn(-c2ccccc2)c1O. The molecule has 2 rings (SSSR count). The van der Waals surface area contributed by atoms with Crippen molar-refractivity contribution >= 4 is 5.97 Å². The van der Waals surface area contributed by atoms with Gasteiger partial charge in [0.15, 0.2) is 0 Å². The number of aromatic hydroxyl groups is 1. The standard InChI is InChI=1S/C10H8N2O3/c13-9-8(10(14)15)11-6-12(9)7-4-2-1-3-5-7/h1-6,13H,(H,14,15). The molecule has 5 nitrogen and oxygen atoms in total. The first-order valence-electron chi connectivity index (χ1n) is 4.25. The highest BCUT2D eigenvalue weighted by Crippen LogP contribution is 2.20. The number of nitrogens with zero attached hydrogens (tertiary/aromatic N) is 2. The average Bonchev–Trinajstić information content (AvgIpc) is 2.61. The number of aromatic carboxylic acids is 1. The Bertz CT molecular complexity index is 491. The summed E-state index contributed by atoms with van der Waals surface area (Å²) in [6, 6.07) is 8.89. The van der Waals surface area contributed by atoms with Gasteiger partial charge >= 0.3 is 5.97 Å². The Labute approximate surface area is 85.2 Å². The molecule has 0 saturated carbocycles. The van der Waals surface area contributed by atoms with E-state index >= 15 is 0 Å². The lowest BCUT2D eigenvalue weighted by Gasteiger charge is -2.02. The van der Waals surface area contributed by atoms with Crippen LogP contribution in [0.4, 0.5) is 0 Å². The quantitative estimate of drug-likeness (QED) is 0.772. The van der Waals surface area contributed by atoms with Gasteiger partial charge in [0.2, 0.25) is 11.6 Å². The molecule has 0 aliphatic rings. The molecular formula is C10H8N2O3. The second-order valence-electron chi connectivity index (χ2n) is 2.93. The van der Waals surface area contributed by atoms with Crippen LogP contribution in [0.2, 0.25) is 0 Å². The van der Waals surface area contributed by atoms with E-state index in [0.29, 0.717) is 5.69 Å². The van der Waals surface area contributed by atoms with Crippen LogP contribution in [0, 0.1) is 0 Å². The topological polar surface area (TPSA) is 75.3 Å². The van der Waals surface area contributed by atoms with E-state index in [0.717, 1.165) is 0 Å². The van der Waals surface area contributed by atoms with E-state index in [2.05, 4.69) is 4.98 Å². The van der Waals surface area contributed by atoms with Crippen molar-refractivity contribution in [2.45, 2.75) is 0 Å². The first kappa shape index (κ1) is 9.26. The number of carboxylic acids is 1. The highest BCUT2D eigenvalue weighted by atomic mass is 16.4. The summed E-state index contributed by atoms with van der Waals surface area (Å²) in [5.41, 5.74) is 0.314. The van der Waals surface area contributed by atoms with Crippen LogP contribution in [0.25, 0.3) is 5.69 Å². The summed E-state index contributed by atoms with van der Waals surface area (Å²) in [5, 5.41) is 18.3. The summed E-state index contributed by atoms with van der Waals surface area (Å²) in [4.78, 5) is 14.2. The lowest BCUT2D eigenvalue weighted by Crippen LogP contribution is -1.97. The van der Waals surface area contributed by atoms with Crippen molar-refractivity contribution in [2.75, 3.05) is 0 Å². The highest BCUT2D eigenvalue weighted by molar-refractivity contribution is 5.88. The van der Waals surface area contributed by atoms with Gasteiger partial charge in [-0.25, -0.2) is 9.78 Å². The Hall–Kier alpha value is -2.30. The third-order valence-electron chi connectivity index (χ3n) is 1.98. The van der Waals surface area contributed by atoms with Crippen LogP contribution in [-0.2, 0) is 0 Å². The molecule has 0 atom stereocenters. The summed E-state index contributed by atoms with van der Waals surface area (Å²) in [6.45, 7) is 0. The summed E-state index contributed by atoms with van der Waals surface area (Å²) in [5.74, 6) is -1.61. The van der Waals surface area contributed by atoms with Gasteiger partial charge in [-0.05, 0) is 12.1 Å². The van der Waals surface area contributed by atoms with Crippen LogP contribution in [0.15, 0.2) is 36.7 Å². The molecule has 0 spiro atoms. The fourth-order valence-corrected chi connectivity index (χ4v) is 1.27. The van der Waals surface area contributed by atoms with E-state index in [1.807, 2.05) is 6.07 Å². The summed E-state index contributed by atoms with van der Waals surface area (Å²) in [7, 11) is 0. The van der Waals surface area contributed by atoms with Crippen molar-refractivity contribution in [1.82, 2.24) is 9.55 Å². The van der Waals surface area contributed by atoms with E-state index in [-0.39, 0.29) is 11.6 Å². The third kappa shape index (κ3) is 1.54. The summed E-state index contributed by atoms with van der Waals surface area (Å²) in [6.07, 6.45) is 1.27. The fraction of sp³-hybridized carbons (Fsp3) is 0. The first-order chi connectivity index (χ1) is 7.20. The Morgan fingerprint density at radius 3 is 2.47 bits per heavy atom. The van der Waals surface area contributed by atoms with Crippen LogP contribution < -0.4 is 0 Å². The Morgan fingerprint density at radius 1 is 1.27 bits per heavy atom. The van der Waals surface area contributed by atoms with E-state index in [1.54, 1.807) is 24.3 Å². The number of imidazole rings is 1. The van der Waals surface area contributed by atoms with Crippen LogP contribution in [-0.4, -0.2) is 25.7 Å². The van der Waals surface area contributed by atoms with E-state index < -0.39 is 5.97 Å². The zero-order valence-corrected chi connectivity index (χ0v) is 7.66. The molecule has 0 radical (unpaired) electrons. The van der Waals surface area contributed by atoms with Gasteiger partial charge in [0, 0.05) is 0 Å². The van der Waals surface area contributed by atoms with Gasteiger partial charge < -0.3 is 10.2 Å². The minimum absolute atomic E-state index is 0.348. The predicted molar refractivity (Wildman–Crippen MR) is 52.2 cm³/mol. The Kier molecular flexibility index (Phi) is 2.13. The summed E-state index contributed by atoms with van der Waals surface area (Å²) >= 11 is 0. The van der Waals surface area contributed by atoms with E-state index in [4.69, 9.17) is 5.11 Å². The number of para-hydroxylation sites is 1. The van der Waals surface area contributed by atoms with Crippen LogP contribution >= 0.6 is 0 Å². The maximum atomic E-state index is 10.6. The molecule has 0 aliphatic carbocycles. The third-order valence-corrected chi connectivity index (χ3v) is 1.98. The maximum Gasteiger partial charge on any atom is 0.360 e. The van der Waals surface area contributed by atoms with Crippen molar-refractivity contribution in [3.05, 3.63) is 42.4 Å². The number of rotatable bonds is 2. The van der Waals surface area contributed by atoms with Gasteiger partial charge in [-0.1, -0.05) is 18.2 Å². The molecule has 0 amide bonds. The van der Waals surface area contributed by atoms with Gasteiger partial charge in [0.25, 0.3) is 0 Å². The van der Waals surface area contributed by atoms with Gasteiger partial charge in [-0.3, -0.25) is 4.57 Å². The van der Waals surface area contributed by atoms with Gasteiger partial charge in [0.1, 0.15) is 6.33 Å². The van der Waals surface area contributed by atoms with Gasteiger partial charge in [0.05, 0.1) is 5.69 Å². The second kappa shape index (κ2) is 3.45.